The minimum atomic E-state index is -2.25. The van der Waals surface area contributed by atoms with Crippen molar-refractivity contribution in [1.82, 2.24) is 10.6 Å². The van der Waals surface area contributed by atoms with E-state index in [9.17, 15) is 14.7 Å². The van der Waals surface area contributed by atoms with Gasteiger partial charge in [0.25, 0.3) is 9.70 Å². The second kappa shape index (κ2) is 10.8. The summed E-state index contributed by atoms with van der Waals surface area (Å²) in [5, 5.41) is 15.8. The number of alkyl carbamates (subject to hydrolysis) is 1. The van der Waals surface area contributed by atoms with Crippen LogP contribution in [0.3, 0.4) is 0 Å². The van der Waals surface area contributed by atoms with E-state index in [0.717, 1.165) is 5.56 Å². The highest BCUT2D eigenvalue weighted by atomic mass is 35.6. The molecule has 8 nitrogen and oxygen atoms in total. The number of rotatable bonds is 6. The first-order valence-electron chi connectivity index (χ1n) is 9.33. The summed E-state index contributed by atoms with van der Waals surface area (Å²) in [5.74, 6) is -0.961. The largest absolute Gasteiger partial charge is 0.445 e. The Kier molecular flexibility index (Phi) is 9.02. The van der Waals surface area contributed by atoms with E-state index in [1.807, 2.05) is 30.3 Å². The van der Waals surface area contributed by atoms with Gasteiger partial charge in [-0.15, -0.1) is 0 Å². The van der Waals surface area contributed by atoms with Crippen LogP contribution in [0.5, 0.6) is 0 Å². The molecule has 1 aliphatic heterocycles. The van der Waals surface area contributed by atoms with Crippen LogP contribution in [-0.4, -0.2) is 57.6 Å². The number of hydrogen-bond donors (Lipinski definition) is 3. The molecule has 30 heavy (non-hydrogen) atoms. The van der Waals surface area contributed by atoms with Crippen molar-refractivity contribution >= 4 is 46.8 Å². The minimum absolute atomic E-state index is 0.0528. The van der Waals surface area contributed by atoms with Crippen molar-refractivity contribution < 1.29 is 28.9 Å². The molecule has 168 valence electrons. The van der Waals surface area contributed by atoms with Gasteiger partial charge in [0.2, 0.25) is 0 Å². The molecule has 11 heteroatoms. The van der Waals surface area contributed by atoms with Crippen LogP contribution >= 0.6 is 34.8 Å². The van der Waals surface area contributed by atoms with Crippen LogP contribution in [0.15, 0.2) is 30.3 Å². The van der Waals surface area contributed by atoms with Crippen molar-refractivity contribution in [2.75, 3.05) is 0 Å². The van der Waals surface area contributed by atoms with Crippen LogP contribution in [0.25, 0.3) is 0 Å². The average Bonchev–Trinajstić information content (AvgIpc) is 2.66. The van der Waals surface area contributed by atoms with Gasteiger partial charge >= 0.3 is 6.09 Å². The lowest BCUT2D eigenvalue weighted by Gasteiger charge is -2.44. The van der Waals surface area contributed by atoms with Crippen molar-refractivity contribution in [2.24, 2.45) is 0 Å². The number of amides is 2. The van der Waals surface area contributed by atoms with E-state index in [4.69, 9.17) is 49.0 Å². The summed E-state index contributed by atoms with van der Waals surface area (Å²) < 4.78 is 14.4. The van der Waals surface area contributed by atoms with Crippen LogP contribution in [0.1, 0.15) is 26.3 Å². The van der Waals surface area contributed by atoms with Crippen LogP contribution in [0, 0.1) is 0 Å². The van der Waals surface area contributed by atoms with Crippen molar-refractivity contribution in [2.45, 2.75) is 67.9 Å². The highest BCUT2D eigenvalue weighted by Crippen LogP contribution is 2.28. The number of hydrogen-bond acceptors (Lipinski definition) is 6. The first-order chi connectivity index (χ1) is 14.0. The third-order valence-corrected chi connectivity index (χ3v) is 4.86. The number of aliphatic hydroxyl groups excluding tert-OH is 1. The maximum atomic E-state index is 12.2. The molecule has 1 aromatic carbocycles. The van der Waals surface area contributed by atoms with E-state index >= 15 is 0 Å². The highest BCUT2D eigenvalue weighted by molar-refractivity contribution is 6.76. The molecule has 0 bridgehead atoms. The van der Waals surface area contributed by atoms with Gasteiger partial charge in [0.15, 0.2) is 6.29 Å². The lowest BCUT2D eigenvalue weighted by atomic mass is 9.95. The Morgan fingerprint density at radius 2 is 1.80 bits per heavy atom. The number of benzene rings is 1. The van der Waals surface area contributed by atoms with Crippen LogP contribution in [0.2, 0.25) is 0 Å². The summed E-state index contributed by atoms with van der Waals surface area (Å²) >= 11 is 16.9. The summed E-state index contributed by atoms with van der Waals surface area (Å²) in [6.07, 6.45) is -4.02. The van der Waals surface area contributed by atoms with E-state index in [0.29, 0.717) is 0 Å². The van der Waals surface area contributed by atoms with Crippen molar-refractivity contribution in [3.05, 3.63) is 35.9 Å². The van der Waals surface area contributed by atoms with Crippen LogP contribution in [0.4, 0.5) is 4.79 Å². The topological polar surface area (TPSA) is 106 Å². The summed E-state index contributed by atoms with van der Waals surface area (Å²) in [6, 6.07) is 7.10. The van der Waals surface area contributed by atoms with E-state index in [1.165, 1.54) is 0 Å². The predicted molar refractivity (Wildman–Crippen MR) is 112 cm³/mol. The van der Waals surface area contributed by atoms with Gasteiger partial charge in [-0.1, -0.05) is 65.1 Å². The minimum Gasteiger partial charge on any atom is -0.445 e. The third kappa shape index (κ3) is 7.14. The average molecular weight is 484 g/mol. The predicted octanol–water partition coefficient (Wildman–Crippen LogP) is 2.67. The van der Waals surface area contributed by atoms with Gasteiger partial charge in [-0.25, -0.2) is 4.79 Å². The molecule has 0 spiro atoms. The molecule has 1 fully saturated rings. The summed E-state index contributed by atoms with van der Waals surface area (Å²) in [4.78, 5) is 24.4. The SMILES string of the molecule is CC(C)O[C@@H]1O[C@H](C)[C@H](NC(=O)OCc2ccccc2)[C@H](O)[C@H]1NC(=O)C(Cl)(Cl)Cl. The number of ether oxygens (including phenoxy) is 3. The molecule has 1 saturated heterocycles. The first-order valence-corrected chi connectivity index (χ1v) is 10.5. The molecule has 0 aliphatic carbocycles. The van der Waals surface area contributed by atoms with E-state index in [1.54, 1.807) is 20.8 Å². The Bertz CT molecular complexity index is 716. The quantitative estimate of drug-likeness (QED) is 0.537. The van der Waals surface area contributed by atoms with E-state index < -0.39 is 46.4 Å². The molecule has 1 aromatic rings. The molecule has 2 amide bonds. The van der Waals surface area contributed by atoms with Gasteiger partial charge in [-0.05, 0) is 26.3 Å². The Labute approximate surface area is 190 Å². The van der Waals surface area contributed by atoms with Crippen molar-refractivity contribution in [3.63, 3.8) is 0 Å². The second-order valence-electron chi connectivity index (χ2n) is 7.11. The molecule has 1 aliphatic rings. The van der Waals surface area contributed by atoms with Gasteiger partial charge in [0, 0.05) is 0 Å². The Morgan fingerprint density at radius 1 is 1.17 bits per heavy atom. The molecule has 0 aromatic heterocycles. The molecule has 0 saturated carbocycles. The van der Waals surface area contributed by atoms with E-state index in [2.05, 4.69) is 10.6 Å². The van der Waals surface area contributed by atoms with Gasteiger partial charge in [0.1, 0.15) is 18.8 Å². The standard InChI is InChI=1S/C19H25Cl3N2O6/c1-10(2)29-16-14(23-17(26)19(20,21)22)15(25)13(11(3)30-16)24-18(27)28-9-12-7-5-4-6-8-12/h4-8,10-11,13-16,25H,9H2,1-3H3,(H,23,26)(H,24,27)/t11-,13+,14-,15+,16-/m1/s1. The number of aliphatic hydroxyl groups is 1. The van der Waals surface area contributed by atoms with Crippen molar-refractivity contribution in [3.8, 4) is 0 Å². The van der Waals surface area contributed by atoms with Crippen LogP contribution in [-0.2, 0) is 25.6 Å². The Morgan fingerprint density at radius 3 is 2.37 bits per heavy atom. The zero-order valence-corrected chi connectivity index (χ0v) is 18.9. The van der Waals surface area contributed by atoms with Crippen LogP contribution < -0.4 is 10.6 Å². The molecule has 5 atom stereocenters. The molecular formula is C19H25Cl3N2O6. The molecule has 1 heterocycles. The number of carbonyl (C=O) groups excluding carboxylic acids is 2. The fourth-order valence-corrected chi connectivity index (χ4v) is 3.08. The maximum Gasteiger partial charge on any atom is 0.407 e. The number of carbonyl (C=O) groups is 2. The summed E-state index contributed by atoms with van der Waals surface area (Å²) in [6.45, 7) is 5.23. The lowest BCUT2D eigenvalue weighted by Crippen LogP contribution is -2.68. The normalized spacial score (nSPS) is 26.9. The fraction of sp³-hybridized carbons (Fsp3) is 0.579. The summed E-state index contributed by atoms with van der Waals surface area (Å²) in [7, 11) is 0. The van der Waals surface area contributed by atoms with Gasteiger partial charge in [-0.3, -0.25) is 4.79 Å². The smallest absolute Gasteiger partial charge is 0.407 e. The highest BCUT2D eigenvalue weighted by Gasteiger charge is 2.47. The van der Waals surface area contributed by atoms with Gasteiger partial charge < -0.3 is 30.0 Å². The molecule has 3 N–H and O–H groups in total. The zero-order valence-electron chi connectivity index (χ0n) is 16.7. The third-order valence-electron chi connectivity index (χ3n) is 4.34. The second-order valence-corrected chi connectivity index (χ2v) is 9.40. The zero-order chi connectivity index (χ0) is 22.5. The first kappa shape index (κ1) is 25.0. The van der Waals surface area contributed by atoms with E-state index in [-0.39, 0.29) is 12.7 Å². The number of nitrogens with one attached hydrogen (secondary N) is 2. The number of alkyl halides is 3. The molecule has 0 radical (unpaired) electrons. The van der Waals surface area contributed by atoms with Gasteiger partial charge in [-0.2, -0.15) is 0 Å². The van der Waals surface area contributed by atoms with Crippen molar-refractivity contribution in [1.29, 1.82) is 0 Å². The number of halogens is 3. The Hall–Kier alpha value is -1.29. The maximum absolute atomic E-state index is 12.2. The lowest BCUT2D eigenvalue weighted by molar-refractivity contribution is -0.247. The molecular weight excluding hydrogens is 459 g/mol. The molecule has 2 rings (SSSR count). The summed E-state index contributed by atoms with van der Waals surface area (Å²) in [5.41, 5.74) is 0.805. The Balaban J connectivity index is 2.07. The monoisotopic (exact) mass is 482 g/mol. The fourth-order valence-electron chi connectivity index (χ4n) is 2.92. The molecule has 0 unspecified atom stereocenters. The van der Waals surface area contributed by atoms with Gasteiger partial charge in [0.05, 0.1) is 18.2 Å².